The first-order chi connectivity index (χ1) is 17.1. The molecule has 0 saturated heterocycles. The fourth-order valence-corrected chi connectivity index (χ4v) is 3.24. The maximum Gasteiger partial charge on any atom is 0.290 e. The Morgan fingerprint density at radius 3 is 2.60 bits per heavy atom. The van der Waals surface area contributed by atoms with Crippen molar-refractivity contribution in [3.63, 3.8) is 0 Å². The summed E-state index contributed by atoms with van der Waals surface area (Å²) in [7, 11) is 1.63. The number of carboxylic acid groups (broad SMARTS) is 1. The summed E-state index contributed by atoms with van der Waals surface area (Å²) in [5, 5.41) is 18.4. The van der Waals surface area contributed by atoms with Crippen LogP contribution in [0.5, 0.6) is 0 Å². The summed E-state index contributed by atoms with van der Waals surface area (Å²) in [5.41, 5.74) is 9.57. The molecule has 0 fully saturated rings. The molecule has 35 heavy (non-hydrogen) atoms. The van der Waals surface area contributed by atoms with Crippen molar-refractivity contribution >= 4 is 12.4 Å². The van der Waals surface area contributed by atoms with Gasteiger partial charge in [0, 0.05) is 36.8 Å². The van der Waals surface area contributed by atoms with E-state index in [4.69, 9.17) is 30.2 Å². The molecule has 0 bridgehead atoms. The van der Waals surface area contributed by atoms with Crippen LogP contribution in [-0.2, 0) is 20.8 Å². The molecule has 4 heterocycles. The molecule has 0 atom stereocenters. The molecule has 0 spiro atoms. The van der Waals surface area contributed by atoms with Crippen molar-refractivity contribution in [3.05, 3.63) is 60.7 Å². The number of aromatic nitrogens is 6. The lowest BCUT2D eigenvalue weighted by atomic mass is 10.0. The molecule has 4 N–H and O–H groups in total. The first kappa shape index (κ1) is 25.2. The van der Waals surface area contributed by atoms with Gasteiger partial charge in [-0.15, -0.1) is 0 Å². The lowest BCUT2D eigenvalue weighted by Crippen LogP contribution is -2.15. The lowest BCUT2D eigenvalue weighted by molar-refractivity contribution is -0.122. The summed E-state index contributed by atoms with van der Waals surface area (Å²) in [6.45, 7) is 1.76. The summed E-state index contributed by atoms with van der Waals surface area (Å²) in [5.74, 6) is -0.639. The molecular weight excluding hydrogens is 454 g/mol. The highest BCUT2D eigenvalue weighted by atomic mass is 16.5. The zero-order valence-corrected chi connectivity index (χ0v) is 19.0. The van der Waals surface area contributed by atoms with Gasteiger partial charge in [0.05, 0.1) is 37.8 Å². The van der Waals surface area contributed by atoms with E-state index in [1.807, 2.05) is 24.4 Å². The van der Waals surface area contributed by atoms with Crippen LogP contribution in [0.1, 0.15) is 10.5 Å². The molecule has 0 radical (unpaired) electrons. The van der Waals surface area contributed by atoms with Crippen molar-refractivity contribution in [1.82, 2.24) is 29.9 Å². The maximum absolute atomic E-state index is 12.3. The Kier molecular flexibility index (Phi) is 9.16. The smallest absolute Gasteiger partial charge is 0.290 e. The molecule has 0 aliphatic heterocycles. The predicted molar refractivity (Wildman–Crippen MR) is 126 cm³/mol. The van der Waals surface area contributed by atoms with Crippen LogP contribution in [0.2, 0.25) is 0 Å². The van der Waals surface area contributed by atoms with Crippen LogP contribution in [0.15, 0.2) is 55.0 Å². The van der Waals surface area contributed by atoms with Crippen LogP contribution in [0.4, 0.5) is 0 Å². The Morgan fingerprint density at radius 2 is 1.94 bits per heavy atom. The molecule has 4 aromatic rings. The SMILES string of the molecule is COCCOCCn1cc(-c2ccc(-c3cc[nH]n3)nc2C(N)=O)c(-c2ccccn2)n1.O=CO. The van der Waals surface area contributed by atoms with E-state index < -0.39 is 5.91 Å². The van der Waals surface area contributed by atoms with Gasteiger partial charge in [-0.2, -0.15) is 10.2 Å². The number of hydrogen-bond donors (Lipinski definition) is 3. The average molecular weight is 479 g/mol. The normalized spacial score (nSPS) is 10.4. The molecule has 0 aliphatic carbocycles. The van der Waals surface area contributed by atoms with E-state index in [1.54, 1.807) is 42.4 Å². The standard InChI is InChI=1S/C22H23N7O3.CH2O2/c1-31-12-13-32-11-10-29-14-16(20(28-29)19-4-2-3-8-24-19)15-5-6-17(18-7-9-25-27-18)26-21(15)22(23)30;2-1-3/h2-9,14H,10-13H2,1H3,(H2,23,30)(H,25,27);1H,(H,2,3). The van der Waals surface area contributed by atoms with Crippen LogP contribution in [0, 0.1) is 0 Å². The number of hydrogen-bond acceptors (Lipinski definition) is 8. The largest absolute Gasteiger partial charge is 0.483 e. The lowest BCUT2D eigenvalue weighted by Gasteiger charge is -2.08. The number of pyridine rings is 2. The monoisotopic (exact) mass is 479 g/mol. The van der Waals surface area contributed by atoms with Gasteiger partial charge in [0.15, 0.2) is 0 Å². The molecular formula is C23H25N7O5. The van der Waals surface area contributed by atoms with E-state index in [-0.39, 0.29) is 12.2 Å². The van der Waals surface area contributed by atoms with E-state index in [1.165, 1.54) is 0 Å². The summed E-state index contributed by atoms with van der Waals surface area (Å²) in [4.78, 5) is 29.6. The van der Waals surface area contributed by atoms with Gasteiger partial charge in [-0.1, -0.05) is 6.07 Å². The quantitative estimate of drug-likeness (QED) is 0.227. The minimum absolute atomic E-state index is 0.138. The summed E-state index contributed by atoms with van der Waals surface area (Å²) >= 11 is 0. The molecule has 182 valence electrons. The second kappa shape index (κ2) is 12.7. The summed E-state index contributed by atoms with van der Waals surface area (Å²) < 4.78 is 12.3. The van der Waals surface area contributed by atoms with Crippen molar-refractivity contribution in [2.24, 2.45) is 5.73 Å². The zero-order chi connectivity index (χ0) is 25.0. The number of ether oxygens (including phenoxy) is 2. The third kappa shape index (κ3) is 6.56. The number of carbonyl (C=O) groups excluding carboxylic acids is 1. The number of rotatable bonds is 10. The third-order valence-corrected chi connectivity index (χ3v) is 4.75. The first-order valence-corrected chi connectivity index (χ1v) is 10.5. The van der Waals surface area contributed by atoms with E-state index in [2.05, 4.69) is 20.2 Å². The van der Waals surface area contributed by atoms with Gasteiger partial charge in [0.25, 0.3) is 12.4 Å². The summed E-state index contributed by atoms with van der Waals surface area (Å²) in [6.07, 6.45) is 5.23. The molecule has 12 heteroatoms. The van der Waals surface area contributed by atoms with Crippen LogP contribution < -0.4 is 5.73 Å². The summed E-state index contributed by atoms with van der Waals surface area (Å²) in [6, 6.07) is 10.9. The fraction of sp³-hybridized carbons (Fsp3) is 0.217. The number of amides is 1. The molecule has 1 amide bonds. The molecule has 0 saturated carbocycles. The Bertz CT molecular complexity index is 1230. The van der Waals surface area contributed by atoms with Crippen molar-refractivity contribution in [3.8, 4) is 33.9 Å². The topological polar surface area (TPSA) is 171 Å². The van der Waals surface area contributed by atoms with Gasteiger partial charge in [-0.25, -0.2) is 4.98 Å². The average Bonchev–Trinajstić information content (AvgIpc) is 3.55. The van der Waals surface area contributed by atoms with Crippen LogP contribution >= 0.6 is 0 Å². The molecule has 0 aliphatic rings. The van der Waals surface area contributed by atoms with Crippen molar-refractivity contribution < 1.29 is 24.2 Å². The van der Waals surface area contributed by atoms with Gasteiger partial charge in [0.2, 0.25) is 0 Å². The van der Waals surface area contributed by atoms with Crippen molar-refractivity contribution in [2.45, 2.75) is 6.54 Å². The highest BCUT2D eigenvalue weighted by molar-refractivity contribution is 6.00. The maximum atomic E-state index is 12.3. The number of methoxy groups -OCH3 is 1. The van der Waals surface area contributed by atoms with Crippen LogP contribution in [-0.4, -0.2) is 74.4 Å². The third-order valence-electron chi connectivity index (χ3n) is 4.75. The van der Waals surface area contributed by atoms with Gasteiger partial charge in [-0.05, 0) is 30.3 Å². The highest BCUT2D eigenvalue weighted by Gasteiger charge is 2.21. The Labute approximate surface area is 200 Å². The number of primary amides is 1. The van der Waals surface area contributed by atoms with Gasteiger partial charge < -0.3 is 20.3 Å². The van der Waals surface area contributed by atoms with Crippen LogP contribution in [0.25, 0.3) is 33.9 Å². The molecule has 4 rings (SSSR count). The van der Waals surface area contributed by atoms with E-state index in [9.17, 15) is 4.79 Å². The van der Waals surface area contributed by atoms with E-state index in [0.717, 1.165) is 0 Å². The van der Waals surface area contributed by atoms with Gasteiger partial charge >= 0.3 is 0 Å². The number of aromatic amines is 1. The molecule has 4 aromatic heterocycles. The van der Waals surface area contributed by atoms with Crippen LogP contribution in [0.3, 0.4) is 0 Å². The van der Waals surface area contributed by atoms with Gasteiger partial charge in [-0.3, -0.25) is 24.4 Å². The Hall–Kier alpha value is -4.42. The Balaban J connectivity index is 0.00000108. The minimum atomic E-state index is -0.639. The Morgan fingerprint density at radius 1 is 1.11 bits per heavy atom. The fourth-order valence-electron chi connectivity index (χ4n) is 3.24. The van der Waals surface area contributed by atoms with E-state index >= 15 is 0 Å². The minimum Gasteiger partial charge on any atom is -0.483 e. The zero-order valence-electron chi connectivity index (χ0n) is 19.0. The number of nitrogens with one attached hydrogen (secondary N) is 1. The molecule has 12 nitrogen and oxygen atoms in total. The second-order valence-corrected chi connectivity index (χ2v) is 7.00. The number of carbonyl (C=O) groups is 2. The number of H-pyrrole nitrogens is 1. The number of nitrogens with two attached hydrogens (primary N) is 1. The van der Waals surface area contributed by atoms with Crippen molar-refractivity contribution in [1.29, 1.82) is 0 Å². The molecule has 0 aromatic carbocycles. The van der Waals surface area contributed by atoms with E-state index in [0.29, 0.717) is 60.3 Å². The van der Waals surface area contributed by atoms with Gasteiger partial charge in [0.1, 0.15) is 17.1 Å². The predicted octanol–water partition coefficient (Wildman–Crippen LogP) is 1.86. The number of nitrogens with zero attached hydrogens (tertiary/aromatic N) is 5. The molecule has 0 unspecified atom stereocenters. The van der Waals surface area contributed by atoms with Crippen molar-refractivity contribution in [2.75, 3.05) is 26.9 Å². The highest BCUT2D eigenvalue weighted by Crippen LogP contribution is 2.33. The first-order valence-electron chi connectivity index (χ1n) is 10.5. The second-order valence-electron chi connectivity index (χ2n) is 7.00.